The standard InChI is InChI=1S/C58H46N4O.C26H22Br2O.C14H12N2.CH4/c1-36-8-4-6-10-54(36)61(48-18-12-38(35-59)13-19-48)50-20-14-41-33-56-52(31-43(41)29-50)58(45-25-39-24-40(27-45)28-46(58)26-39)53-32-44-30-51(21-15-42(44)34-57(53)63-56)62(55-11-7-5-9-37(55)2)49-22-16-47(60-3)17-23-49;27-20-2-1-16-12-25-22(11-17(16)10-20)26(23-13-21(28)3-4-24(23)29-25)18-6-14-5-15(8-18)9-19(26)7-14;1-11-5-3-4-6-14(11)16-13-9-7-12(15-2)8-10-13;/h4-23,29-34,39-40,45-46H,24-28H2,1-2H3;1-4,10-15,18-19H,5-9H2;3-10,16H,1H3;1H4. The van der Waals surface area contributed by atoms with Crippen LogP contribution in [0.3, 0.4) is 0 Å². The first-order valence-corrected chi connectivity index (χ1v) is 39.9. The van der Waals surface area contributed by atoms with E-state index in [1.165, 1.54) is 129 Å². The molecule has 536 valence electrons. The summed E-state index contributed by atoms with van der Waals surface area (Å²) in [6, 6.07) is 92.1. The van der Waals surface area contributed by atoms with Crippen LogP contribution in [0.1, 0.15) is 116 Å². The maximum atomic E-state index is 9.62. The lowest BCUT2D eigenvalue weighted by molar-refractivity contribution is -0.0452. The third-order valence-electron chi connectivity index (χ3n) is 25.9. The topological polar surface area (TPSA) is 69.5 Å². The minimum atomic E-state index is -0.154. The van der Waals surface area contributed by atoms with Gasteiger partial charge in [-0.25, -0.2) is 9.69 Å². The molecule has 0 atom stereocenters. The fraction of sp³-hybridized carbons (Fsp3) is 0.242. The van der Waals surface area contributed by atoms with Crippen LogP contribution in [-0.2, 0) is 10.8 Å². The number of aryl methyl sites for hydroxylation is 3. The molecule has 10 heteroatoms. The van der Waals surface area contributed by atoms with Crippen LogP contribution in [0.4, 0.5) is 56.9 Å². The quantitative estimate of drug-likeness (QED) is 0.153. The van der Waals surface area contributed by atoms with Crippen molar-refractivity contribution in [2.75, 3.05) is 15.1 Å². The SMILES string of the molecule is Brc1ccc2c(c1)C1(c3cc4cc(Br)ccc4cc3O2)C2CC3CC(C2)CC1C3.C.[C-]#[N+]c1ccc(N(c2ccc3cc4c(cc3c2)C2(c3cc5cc(N(c6ccc(C#N)cc6)c6ccccc6C)ccc5cc3O4)C3CC4CC(C3)CC2C4)c2ccccc2C)cc1.[C-]#[N+]c1ccc(Nc2ccccc2C)cc1. The molecular weight excluding hydrogens is 1460 g/mol. The lowest BCUT2D eigenvalue weighted by atomic mass is 9.41. The summed E-state index contributed by atoms with van der Waals surface area (Å²) in [7, 11) is 0. The number of nitriles is 1. The molecule has 13 aromatic rings. The lowest BCUT2D eigenvalue weighted by Gasteiger charge is -2.63. The summed E-state index contributed by atoms with van der Waals surface area (Å²) in [5.41, 5.74) is 19.6. The van der Waals surface area contributed by atoms with Crippen LogP contribution in [0, 0.1) is 92.6 Å². The van der Waals surface area contributed by atoms with Gasteiger partial charge in [-0.15, -0.1) is 0 Å². The zero-order valence-corrected chi connectivity index (χ0v) is 63.9. The zero-order chi connectivity index (χ0) is 73.1. The van der Waals surface area contributed by atoms with E-state index in [4.69, 9.17) is 22.6 Å². The van der Waals surface area contributed by atoms with Crippen molar-refractivity contribution in [3.63, 3.8) is 0 Å². The molecule has 2 spiro atoms. The number of fused-ring (bicyclic) bond motifs is 7. The fourth-order valence-electron chi connectivity index (χ4n) is 21.7. The van der Waals surface area contributed by atoms with Crippen molar-refractivity contribution in [3.8, 4) is 29.1 Å². The van der Waals surface area contributed by atoms with Crippen molar-refractivity contribution in [1.82, 2.24) is 0 Å². The number of anilines is 8. The molecule has 0 radical (unpaired) electrons. The Labute approximate surface area is 656 Å². The number of nitrogens with zero attached hydrogens (tertiary/aromatic N) is 5. The van der Waals surface area contributed by atoms with Crippen molar-refractivity contribution in [3.05, 3.63) is 331 Å². The van der Waals surface area contributed by atoms with Gasteiger partial charge in [0.1, 0.15) is 23.0 Å². The van der Waals surface area contributed by atoms with Crippen LogP contribution in [0.2, 0.25) is 0 Å². The maximum absolute atomic E-state index is 9.62. The smallest absolute Gasteiger partial charge is 0.187 e. The Balaban J connectivity index is 0.000000148. The van der Waals surface area contributed by atoms with Crippen molar-refractivity contribution in [2.24, 2.45) is 47.3 Å². The Morgan fingerprint density at radius 3 is 1.21 bits per heavy atom. The predicted molar refractivity (Wildman–Crippen MR) is 453 cm³/mol. The van der Waals surface area contributed by atoms with E-state index in [9.17, 15) is 5.26 Å². The molecule has 8 nitrogen and oxygen atoms in total. The van der Waals surface area contributed by atoms with Gasteiger partial charge in [0.25, 0.3) is 0 Å². The molecule has 0 aromatic heterocycles. The van der Waals surface area contributed by atoms with Gasteiger partial charge in [-0.2, -0.15) is 5.26 Å². The Morgan fingerprint density at radius 1 is 0.385 bits per heavy atom. The zero-order valence-electron chi connectivity index (χ0n) is 60.7. The van der Waals surface area contributed by atoms with E-state index in [-0.39, 0.29) is 18.3 Å². The van der Waals surface area contributed by atoms with Crippen LogP contribution < -0.4 is 24.6 Å². The van der Waals surface area contributed by atoms with Crippen molar-refractivity contribution >= 4 is 121 Å². The monoisotopic (exact) mass is 1550 g/mol. The molecule has 8 saturated carbocycles. The highest BCUT2D eigenvalue weighted by molar-refractivity contribution is 9.10. The summed E-state index contributed by atoms with van der Waals surface area (Å²) in [6.45, 7) is 20.8. The molecule has 23 rings (SSSR count). The second-order valence-electron chi connectivity index (χ2n) is 31.9. The molecule has 1 N–H and O–H groups in total. The van der Waals surface area contributed by atoms with Crippen LogP contribution in [-0.4, -0.2) is 0 Å². The van der Waals surface area contributed by atoms with E-state index in [1.807, 2.05) is 66.7 Å². The minimum Gasteiger partial charge on any atom is -0.457 e. The van der Waals surface area contributed by atoms with E-state index in [0.717, 1.165) is 119 Å². The predicted octanol–water partition coefficient (Wildman–Crippen LogP) is 29.0. The normalized spacial score (nSPS) is 22.7. The van der Waals surface area contributed by atoms with E-state index in [1.54, 1.807) is 0 Å². The molecular formula is C99H84Br2N6O2. The van der Waals surface area contributed by atoms with Crippen molar-refractivity contribution in [1.29, 1.82) is 5.26 Å². The first-order valence-electron chi connectivity index (χ1n) is 38.3. The molecule has 8 fully saturated rings. The van der Waals surface area contributed by atoms with Crippen LogP contribution in [0.5, 0.6) is 23.0 Å². The van der Waals surface area contributed by atoms with E-state index >= 15 is 0 Å². The highest BCUT2D eigenvalue weighted by Gasteiger charge is 2.63. The van der Waals surface area contributed by atoms with Gasteiger partial charge in [0, 0.05) is 87.5 Å². The Kier molecular flexibility index (Phi) is 17.9. The molecule has 0 unspecified atom stereocenters. The van der Waals surface area contributed by atoms with Gasteiger partial charge >= 0.3 is 0 Å². The Bertz CT molecular complexity index is 5650. The van der Waals surface area contributed by atoms with Gasteiger partial charge in [0.15, 0.2) is 11.4 Å². The number of rotatable bonds is 8. The van der Waals surface area contributed by atoms with Crippen LogP contribution in [0.25, 0.3) is 42.0 Å². The van der Waals surface area contributed by atoms with Gasteiger partial charge in [-0.3, -0.25) is 0 Å². The van der Waals surface area contributed by atoms with Crippen LogP contribution in [0.15, 0.2) is 264 Å². The molecule has 13 aromatic carbocycles. The highest BCUT2D eigenvalue weighted by Crippen LogP contribution is 2.71. The summed E-state index contributed by atoms with van der Waals surface area (Å²) in [5.74, 6) is 10.2. The molecule has 0 amide bonds. The number of hydrogen-bond acceptors (Lipinski definition) is 6. The minimum absolute atomic E-state index is 0. The van der Waals surface area contributed by atoms with E-state index in [2.05, 4.69) is 272 Å². The average Bonchev–Trinajstić information content (AvgIpc) is 0.687. The van der Waals surface area contributed by atoms with Crippen molar-refractivity contribution in [2.45, 2.75) is 103 Å². The molecule has 109 heavy (non-hydrogen) atoms. The van der Waals surface area contributed by atoms with Gasteiger partial charge < -0.3 is 24.6 Å². The number of para-hydroxylation sites is 3. The van der Waals surface area contributed by atoms with Crippen LogP contribution >= 0.6 is 31.9 Å². The van der Waals surface area contributed by atoms with Gasteiger partial charge in [-0.05, 0) is 339 Å². The first kappa shape index (κ1) is 69.8. The maximum Gasteiger partial charge on any atom is 0.187 e. The van der Waals surface area contributed by atoms with E-state index < -0.39 is 0 Å². The van der Waals surface area contributed by atoms with E-state index in [0.29, 0.717) is 28.8 Å². The fourth-order valence-corrected chi connectivity index (χ4v) is 22.4. The summed E-state index contributed by atoms with van der Waals surface area (Å²) in [5, 5.41) is 20.3. The van der Waals surface area contributed by atoms with Gasteiger partial charge in [-0.1, -0.05) is 136 Å². The lowest BCUT2D eigenvalue weighted by Crippen LogP contribution is -2.57. The number of ether oxygens (including phenoxy) is 2. The number of benzene rings is 13. The summed E-state index contributed by atoms with van der Waals surface area (Å²) in [4.78, 5) is 11.7. The van der Waals surface area contributed by atoms with Gasteiger partial charge in [0.2, 0.25) is 0 Å². The molecule has 10 aliphatic rings. The average molecular weight is 1550 g/mol. The summed E-state index contributed by atoms with van der Waals surface area (Å²) in [6.07, 6.45) is 13.5. The highest BCUT2D eigenvalue weighted by atomic mass is 79.9. The third kappa shape index (κ3) is 12.0. The Hall–Kier alpha value is -10.9. The summed E-state index contributed by atoms with van der Waals surface area (Å²) < 4.78 is 16.0. The number of halogens is 2. The summed E-state index contributed by atoms with van der Waals surface area (Å²) >= 11 is 7.44. The largest absolute Gasteiger partial charge is 0.457 e. The molecule has 0 saturated heterocycles. The molecule has 2 aliphatic heterocycles. The van der Waals surface area contributed by atoms with Crippen molar-refractivity contribution < 1.29 is 9.47 Å². The number of nitrogens with one attached hydrogen (secondary N) is 1. The van der Waals surface area contributed by atoms with Gasteiger partial charge in [0.05, 0.1) is 24.8 Å². The first-order chi connectivity index (χ1) is 52.8. The Morgan fingerprint density at radius 2 is 0.761 bits per heavy atom. The number of hydrogen-bond donors (Lipinski definition) is 1. The third-order valence-corrected chi connectivity index (χ3v) is 26.9. The molecule has 8 bridgehead atoms. The molecule has 2 heterocycles. The molecule has 8 aliphatic carbocycles. The second kappa shape index (κ2) is 27.9. The second-order valence-corrected chi connectivity index (χ2v) is 33.8.